The summed E-state index contributed by atoms with van der Waals surface area (Å²) in [4.78, 5) is 13.4. The topological polar surface area (TPSA) is 40.5 Å². The fourth-order valence-electron chi connectivity index (χ4n) is 3.89. The second-order valence-electron chi connectivity index (χ2n) is 6.33. The molecule has 0 spiro atoms. The van der Waals surface area contributed by atoms with E-state index in [-0.39, 0.29) is 0 Å². The van der Waals surface area contributed by atoms with E-state index in [2.05, 4.69) is 39.0 Å². The molecule has 3 rings (SSSR count). The number of fused-ring (bicyclic) bond motifs is 1. The third-order valence-electron chi connectivity index (χ3n) is 4.91. The number of carbonyl (C=O) groups is 1. The van der Waals surface area contributed by atoms with Crippen molar-refractivity contribution in [3.8, 4) is 0 Å². The molecule has 21 heavy (non-hydrogen) atoms. The van der Waals surface area contributed by atoms with Gasteiger partial charge in [0.25, 0.3) is 0 Å². The van der Waals surface area contributed by atoms with Crippen LogP contribution in [0, 0.1) is 5.92 Å². The zero-order valence-corrected chi connectivity index (χ0v) is 13.8. The standard InChI is InChI=1S/C17H22BrNO2/c18-14-5-6-15-13(10-14)4-7-16(15)19-9-1-2-12(11-19)3-8-17(20)21/h5-6,10,12,16H,1-4,7-9,11H2,(H,20,21). The summed E-state index contributed by atoms with van der Waals surface area (Å²) in [5.41, 5.74) is 2.96. The van der Waals surface area contributed by atoms with E-state index in [4.69, 9.17) is 5.11 Å². The molecule has 114 valence electrons. The molecule has 1 fully saturated rings. The Bertz CT molecular complexity index is 532. The maximum Gasteiger partial charge on any atom is 0.303 e. The molecular formula is C17H22BrNO2. The number of carboxylic acid groups (broad SMARTS) is 1. The Morgan fingerprint density at radius 1 is 1.38 bits per heavy atom. The quantitative estimate of drug-likeness (QED) is 0.890. The molecule has 2 unspecified atom stereocenters. The summed E-state index contributed by atoms with van der Waals surface area (Å²) in [6, 6.07) is 7.20. The van der Waals surface area contributed by atoms with Crippen molar-refractivity contribution < 1.29 is 9.90 Å². The molecule has 0 aromatic heterocycles. The number of likely N-dealkylation sites (tertiary alicyclic amines) is 1. The van der Waals surface area contributed by atoms with Gasteiger partial charge >= 0.3 is 5.97 Å². The van der Waals surface area contributed by atoms with Crippen molar-refractivity contribution in [1.29, 1.82) is 0 Å². The molecule has 0 amide bonds. The van der Waals surface area contributed by atoms with Crippen molar-refractivity contribution in [1.82, 2.24) is 4.90 Å². The predicted octanol–water partition coefficient (Wildman–Crippen LogP) is 4.01. The lowest BCUT2D eigenvalue weighted by molar-refractivity contribution is -0.137. The van der Waals surface area contributed by atoms with E-state index in [1.807, 2.05) is 0 Å². The number of aliphatic carboxylic acids is 1. The number of aryl methyl sites for hydroxylation is 1. The number of piperidine rings is 1. The number of nitrogens with zero attached hydrogens (tertiary/aromatic N) is 1. The van der Waals surface area contributed by atoms with E-state index in [1.54, 1.807) is 0 Å². The Kier molecular flexibility index (Phi) is 4.65. The third-order valence-corrected chi connectivity index (χ3v) is 5.40. The minimum absolute atomic E-state index is 0.312. The monoisotopic (exact) mass is 351 g/mol. The van der Waals surface area contributed by atoms with Gasteiger partial charge in [-0.05, 0) is 67.8 Å². The zero-order chi connectivity index (χ0) is 14.8. The van der Waals surface area contributed by atoms with Crippen LogP contribution in [-0.2, 0) is 11.2 Å². The minimum Gasteiger partial charge on any atom is -0.481 e. The van der Waals surface area contributed by atoms with E-state index in [0.29, 0.717) is 18.4 Å². The highest BCUT2D eigenvalue weighted by Crippen LogP contribution is 2.39. The second kappa shape index (κ2) is 6.49. The fourth-order valence-corrected chi connectivity index (χ4v) is 4.29. The summed E-state index contributed by atoms with van der Waals surface area (Å²) >= 11 is 3.56. The van der Waals surface area contributed by atoms with Gasteiger partial charge in [-0.25, -0.2) is 0 Å². The number of carboxylic acids is 1. The predicted molar refractivity (Wildman–Crippen MR) is 86.4 cm³/mol. The van der Waals surface area contributed by atoms with Crippen molar-refractivity contribution in [2.75, 3.05) is 13.1 Å². The van der Waals surface area contributed by atoms with Crippen LogP contribution in [0.1, 0.15) is 49.3 Å². The first-order chi connectivity index (χ1) is 10.1. The lowest BCUT2D eigenvalue weighted by Gasteiger charge is -2.37. The number of hydrogen-bond acceptors (Lipinski definition) is 2. The summed E-state index contributed by atoms with van der Waals surface area (Å²) < 4.78 is 1.17. The molecule has 1 N–H and O–H groups in total. The molecule has 2 aliphatic rings. The van der Waals surface area contributed by atoms with Crippen LogP contribution in [0.25, 0.3) is 0 Å². The normalized spacial score (nSPS) is 25.8. The lowest BCUT2D eigenvalue weighted by atomic mass is 9.91. The van der Waals surface area contributed by atoms with Crippen LogP contribution in [0.2, 0.25) is 0 Å². The van der Waals surface area contributed by atoms with Gasteiger partial charge in [0.1, 0.15) is 0 Å². The molecule has 0 radical (unpaired) electrons. The maximum atomic E-state index is 10.8. The first-order valence-corrected chi connectivity index (χ1v) is 8.67. The molecule has 0 bridgehead atoms. The van der Waals surface area contributed by atoms with Gasteiger partial charge in [0, 0.05) is 23.5 Å². The number of hydrogen-bond donors (Lipinski definition) is 1. The average molecular weight is 352 g/mol. The lowest BCUT2D eigenvalue weighted by Crippen LogP contribution is -2.37. The fraction of sp³-hybridized carbons (Fsp3) is 0.588. The van der Waals surface area contributed by atoms with Crippen molar-refractivity contribution in [3.63, 3.8) is 0 Å². The van der Waals surface area contributed by atoms with Crippen LogP contribution in [0.5, 0.6) is 0 Å². The molecule has 1 aromatic carbocycles. The summed E-state index contributed by atoms with van der Waals surface area (Å²) in [5, 5.41) is 8.86. The number of rotatable bonds is 4. The molecule has 1 aliphatic carbocycles. The molecule has 2 atom stereocenters. The highest BCUT2D eigenvalue weighted by atomic mass is 79.9. The first-order valence-electron chi connectivity index (χ1n) is 7.87. The second-order valence-corrected chi connectivity index (χ2v) is 7.25. The van der Waals surface area contributed by atoms with Crippen LogP contribution in [-0.4, -0.2) is 29.1 Å². The van der Waals surface area contributed by atoms with Gasteiger partial charge in [0.2, 0.25) is 0 Å². The van der Waals surface area contributed by atoms with Crippen LogP contribution in [0.3, 0.4) is 0 Å². The van der Waals surface area contributed by atoms with Crippen LogP contribution in [0.4, 0.5) is 0 Å². The molecule has 4 heteroatoms. The van der Waals surface area contributed by atoms with Crippen LogP contribution >= 0.6 is 15.9 Å². The van der Waals surface area contributed by atoms with E-state index >= 15 is 0 Å². The number of benzene rings is 1. The summed E-state index contributed by atoms with van der Waals surface area (Å²) in [7, 11) is 0. The maximum absolute atomic E-state index is 10.8. The van der Waals surface area contributed by atoms with E-state index in [0.717, 1.165) is 25.9 Å². The molecule has 1 saturated heterocycles. The first kappa shape index (κ1) is 15.0. The van der Waals surface area contributed by atoms with Crippen molar-refractivity contribution in [3.05, 3.63) is 33.8 Å². The molecule has 0 saturated carbocycles. The Labute approximate surface area is 134 Å². The Morgan fingerprint density at radius 2 is 2.24 bits per heavy atom. The van der Waals surface area contributed by atoms with Gasteiger partial charge in [-0.15, -0.1) is 0 Å². The Morgan fingerprint density at radius 3 is 3.05 bits per heavy atom. The minimum atomic E-state index is -0.664. The summed E-state index contributed by atoms with van der Waals surface area (Å²) in [6.07, 6.45) is 5.89. The van der Waals surface area contributed by atoms with Crippen molar-refractivity contribution in [2.45, 2.75) is 44.6 Å². The van der Waals surface area contributed by atoms with Gasteiger partial charge in [0.15, 0.2) is 0 Å². The van der Waals surface area contributed by atoms with Crippen molar-refractivity contribution >= 4 is 21.9 Å². The SMILES string of the molecule is O=C(O)CCC1CCCN(C2CCc3cc(Br)ccc32)C1. The van der Waals surface area contributed by atoms with E-state index in [1.165, 1.54) is 34.9 Å². The van der Waals surface area contributed by atoms with Gasteiger partial charge in [-0.3, -0.25) is 9.69 Å². The van der Waals surface area contributed by atoms with Gasteiger partial charge < -0.3 is 5.11 Å². The number of halogens is 1. The summed E-state index contributed by atoms with van der Waals surface area (Å²) in [6.45, 7) is 2.22. The highest BCUT2D eigenvalue weighted by Gasteiger charge is 2.31. The van der Waals surface area contributed by atoms with E-state index < -0.39 is 5.97 Å². The van der Waals surface area contributed by atoms with Crippen LogP contribution < -0.4 is 0 Å². The Balaban J connectivity index is 1.66. The average Bonchev–Trinajstić information content (AvgIpc) is 2.88. The van der Waals surface area contributed by atoms with E-state index in [9.17, 15) is 4.79 Å². The third kappa shape index (κ3) is 3.49. The Hall–Kier alpha value is -0.870. The van der Waals surface area contributed by atoms with Gasteiger partial charge in [-0.1, -0.05) is 22.0 Å². The van der Waals surface area contributed by atoms with Crippen molar-refractivity contribution in [2.24, 2.45) is 5.92 Å². The molecule has 1 aromatic rings. The highest BCUT2D eigenvalue weighted by molar-refractivity contribution is 9.10. The molecular weight excluding hydrogens is 330 g/mol. The summed E-state index contributed by atoms with van der Waals surface area (Å²) in [5.74, 6) is -0.113. The largest absolute Gasteiger partial charge is 0.481 e. The van der Waals surface area contributed by atoms with Gasteiger partial charge in [0.05, 0.1) is 0 Å². The molecule has 1 aliphatic heterocycles. The molecule has 1 heterocycles. The zero-order valence-electron chi connectivity index (χ0n) is 12.2. The smallest absolute Gasteiger partial charge is 0.303 e. The van der Waals surface area contributed by atoms with Crippen LogP contribution in [0.15, 0.2) is 22.7 Å². The molecule has 3 nitrogen and oxygen atoms in total. The van der Waals surface area contributed by atoms with Gasteiger partial charge in [-0.2, -0.15) is 0 Å².